The Labute approximate surface area is 219 Å². The van der Waals surface area contributed by atoms with Crippen molar-refractivity contribution in [3.05, 3.63) is 66.2 Å². The Kier molecular flexibility index (Phi) is 6.01. The summed E-state index contributed by atoms with van der Waals surface area (Å²) in [6, 6.07) is 17.2. The lowest BCUT2D eigenvalue weighted by Gasteiger charge is -2.28. The molecule has 6 nitrogen and oxygen atoms in total. The van der Waals surface area contributed by atoms with Gasteiger partial charge in [0, 0.05) is 31.5 Å². The smallest absolute Gasteiger partial charge is 0.295 e. The van der Waals surface area contributed by atoms with Crippen molar-refractivity contribution in [1.82, 2.24) is 9.97 Å². The van der Waals surface area contributed by atoms with E-state index in [2.05, 4.69) is 39.1 Å². The first-order chi connectivity index (χ1) is 18.6. The molecule has 3 saturated heterocycles. The average molecular weight is 518 g/mol. The van der Waals surface area contributed by atoms with Crippen molar-refractivity contribution in [2.24, 2.45) is 0 Å². The molecule has 4 aromatic rings. The second kappa shape index (κ2) is 9.67. The number of piperidine rings is 1. The number of rotatable bonds is 5. The van der Waals surface area contributed by atoms with Crippen LogP contribution in [0.3, 0.4) is 0 Å². The number of halogens is 2. The SMILES string of the molecule is Fc1cc2[nH]c(OC3COC4CCOC43)nc2c(F)c1-c1ccc(-c2ccc(N3CCCCC3)cc2)cc1. The zero-order chi connectivity index (χ0) is 25.6. The Bertz CT molecular complexity index is 1450. The van der Waals surface area contributed by atoms with Crippen molar-refractivity contribution in [3.8, 4) is 28.3 Å². The number of anilines is 1. The minimum absolute atomic E-state index is 0.0146. The van der Waals surface area contributed by atoms with E-state index >= 15 is 8.78 Å². The highest BCUT2D eigenvalue weighted by Gasteiger charge is 2.43. The predicted molar refractivity (Wildman–Crippen MR) is 141 cm³/mol. The van der Waals surface area contributed by atoms with Crippen LogP contribution in [0.15, 0.2) is 54.6 Å². The monoisotopic (exact) mass is 517 g/mol. The van der Waals surface area contributed by atoms with Gasteiger partial charge in [-0.3, -0.25) is 0 Å². The maximum absolute atomic E-state index is 15.6. The third-order valence-corrected chi connectivity index (χ3v) is 7.93. The number of imidazole rings is 1. The molecule has 0 spiro atoms. The van der Waals surface area contributed by atoms with E-state index in [4.69, 9.17) is 14.2 Å². The summed E-state index contributed by atoms with van der Waals surface area (Å²) in [4.78, 5) is 9.61. The first-order valence-electron chi connectivity index (χ1n) is 13.4. The molecule has 3 aromatic carbocycles. The van der Waals surface area contributed by atoms with Gasteiger partial charge in [-0.15, -0.1) is 0 Å². The van der Waals surface area contributed by atoms with Gasteiger partial charge in [-0.05, 0) is 54.5 Å². The summed E-state index contributed by atoms with van der Waals surface area (Å²) in [5.74, 6) is -1.38. The predicted octanol–water partition coefficient (Wildman–Crippen LogP) is 6.10. The van der Waals surface area contributed by atoms with Crippen molar-refractivity contribution in [2.75, 3.05) is 31.2 Å². The molecule has 196 valence electrons. The lowest BCUT2D eigenvalue weighted by Crippen LogP contribution is -2.32. The van der Waals surface area contributed by atoms with Crippen LogP contribution < -0.4 is 9.64 Å². The number of nitrogens with one attached hydrogen (secondary N) is 1. The Hall–Kier alpha value is -3.49. The van der Waals surface area contributed by atoms with Gasteiger partial charge in [-0.1, -0.05) is 36.4 Å². The van der Waals surface area contributed by atoms with Crippen LogP contribution in [0.4, 0.5) is 14.5 Å². The topological polar surface area (TPSA) is 59.6 Å². The van der Waals surface area contributed by atoms with Gasteiger partial charge in [-0.2, -0.15) is 4.98 Å². The van der Waals surface area contributed by atoms with Crippen LogP contribution >= 0.6 is 0 Å². The summed E-state index contributed by atoms with van der Waals surface area (Å²) < 4.78 is 48.0. The van der Waals surface area contributed by atoms with Crippen molar-refractivity contribution in [2.45, 2.75) is 44.0 Å². The van der Waals surface area contributed by atoms with Crippen LogP contribution in [-0.4, -0.2) is 54.6 Å². The summed E-state index contributed by atoms with van der Waals surface area (Å²) >= 11 is 0. The minimum atomic E-state index is -0.720. The number of fused-ring (bicyclic) bond motifs is 2. The number of aromatic nitrogens is 2. The van der Waals surface area contributed by atoms with Crippen molar-refractivity contribution >= 4 is 16.7 Å². The number of nitrogens with zero attached hydrogens (tertiary/aromatic N) is 2. The molecule has 3 aliphatic rings. The molecule has 0 amide bonds. The molecule has 3 unspecified atom stereocenters. The highest BCUT2D eigenvalue weighted by atomic mass is 19.1. The van der Waals surface area contributed by atoms with Gasteiger partial charge in [0.05, 0.1) is 23.8 Å². The number of benzene rings is 3. The van der Waals surface area contributed by atoms with E-state index in [1.807, 2.05) is 12.1 Å². The second-order valence-corrected chi connectivity index (χ2v) is 10.3. The normalized spacial score (nSPS) is 23.2. The Morgan fingerprint density at radius 3 is 2.37 bits per heavy atom. The summed E-state index contributed by atoms with van der Waals surface area (Å²) in [7, 11) is 0. The van der Waals surface area contributed by atoms with E-state index in [1.54, 1.807) is 12.1 Å². The molecule has 1 N–H and O–H groups in total. The molecule has 4 heterocycles. The number of hydrogen-bond acceptors (Lipinski definition) is 5. The maximum Gasteiger partial charge on any atom is 0.295 e. The number of ether oxygens (including phenoxy) is 3. The van der Waals surface area contributed by atoms with E-state index in [1.165, 1.54) is 31.0 Å². The van der Waals surface area contributed by atoms with E-state index in [-0.39, 0.29) is 40.9 Å². The lowest BCUT2D eigenvalue weighted by molar-refractivity contribution is 0.0273. The highest BCUT2D eigenvalue weighted by molar-refractivity contribution is 5.84. The summed E-state index contributed by atoms with van der Waals surface area (Å²) in [6.07, 6.45) is 4.12. The number of aromatic amines is 1. The van der Waals surface area contributed by atoms with Crippen molar-refractivity contribution in [3.63, 3.8) is 0 Å². The third kappa shape index (κ3) is 4.22. The Balaban J connectivity index is 1.12. The minimum Gasteiger partial charge on any atom is -0.456 e. The molecule has 0 bridgehead atoms. The van der Waals surface area contributed by atoms with Gasteiger partial charge in [0.1, 0.15) is 17.4 Å². The van der Waals surface area contributed by atoms with Gasteiger partial charge in [0.15, 0.2) is 11.9 Å². The van der Waals surface area contributed by atoms with E-state index in [9.17, 15) is 0 Å². The van der Waals surface area contributed by atoms with Crippen LogP contribution in [-0.2, 0) is 9.47 Å². The quantitative estimate of drug-likeness (QED) is 0.347. The number of H-pyrrole nitrogens is 1. The van der Waals surface area contributed by atoms with Crippen LogP contribution in [0.2, 0.25) is 0 Å². The molecule has 8 heteroatoms. The van der Waals surface area contributed by atoms with Gasteiger partial charge in [-0.25, -0.2) is 8.78 Å². The highest BCUT2D eigenvalue weighted by Crippen LogP contribution is 2.35. The molecule has 1 aromatic heterocycles. The zero-order valence-corrected chi connectivity index (χ0v) is 21.0. The molecule has 3 aliphatic heterocycles. The fraction of sp³-hybridized carbons (Fsp3) is 0.367. The fourth-order valence-corrected chi connectivity index (χ4v) is 5.90. The van der Waals surface area contributed by atoms with Crippen LogP contribution in [0.25, 0.3) is 33.3 Å². The summed E-state index contributed by atoms with van der Waals surface area (Å²) in [6.45, 7) is 3.20. The fourth-order valence-electron chi connectivity index (χ4n) is 5.90. The first kappa shape index (κ1) is 23.6. The number of hydrogen-bond donors (Lipinski definition) is 1. The van der Waals surface area contributed by atoms with Crippen molar-refractivity contribution < 1.29 is 23.0 Å². The standard InChI is InChI=1S/C30H29F2N3O3/c31-22-16-23-28(34-30(33-23)38-25-17-37-24-12-15-36-29(24)25)27(32)26(22)20-6-4-18(5-7-20)19-8-10-21(11-9-19)35-13-2-1-3-14-35/h4-11,16,24-25,29H,1-3,12-15,17H2,(H,33,34). The maximum atomic E-state index is 15.6. The van der Waals surface area contributed by atoms with E-state index in [0.717, 1.165) is 30.6 Å². The molecule has 0 radical (unpaired) electrons. The molecule has 0 saturated carbocycles. The van der Waals surface area contributed by atoms with Gasteiger partial charge < -0.3 is 24.1 Å². The Morgan fingerprint density at radius 2 is 1.61 bits per heavy atom. The second-order valence-electron chi connectivity index (χ2n) is 10.3. The van der Waals surface area contributed by atoms with Gasteiger partial charge in [0.25, 0.3) is 6.01 Å². The van der Waals surface area contributed by atoms with Crippen LogP contribution in [0, 0.1) is 11.6 Å². The Morgan fingerprint density at radius 1 is 0.895 bits per heavy atom. The molecule has 0 aliphatic carbocycles. The molecular formula is C30H29F2N3O3. The molecule has 7 rings (SSSR count). The third-order valence-electron chi connectivity index (χ3n) is 7.93. The first-order valence-corrected chi connectivity index (χ1v) is 13.4. The van der Waals surface area contributed by atoms with Crippen molar-refractivity contribution in [1.29, 1.82) is 0 Å². The molecule has 3 atom stereocenters. The molecular weight excluding hydrogens is 488 g/mol. The van der Waals surface area contributed by atoms with Crippen LogP contribution in [0.5, 0.6) is 6.01 Å². The van der Waals surface area contributed by atoms with E-state index in [0.29, 0.717) is 18.8 Å². The van der Waals surface area contributed by atoms with Crippen LogP contribution in [0.1, 0.15) is 25.7 Å². The van der Waals surface area contributed by atoms with Gasteiger partial charge >= 0.3 is 0 Å². The summed E-state index contributed by atoms with van der Waals surface area (Å²) in [5.41, 5.74) is 3.91. The summed E-state index contributed by atoms with van der Waals surface area (Å²) in [5, 5.41) is 0. The average Bonchev–Trinajstić information content (AvgIpc) is 3.67. The zero-order valence-electron chi connectivity index (χ0n) is 21.0. The molecule has 3 fully saturated rings. The van der Waals surface area contributed by atoms with E-state index < -0.39 is 11.6 Å². The largest absolute Gasteiger partial charge is 0.456 e. The lowest BCUT2D eigenvalue weighted by atomic mass is 9.99. The van der Waals surface area contributed by atoms with Gasteiger partial charge in [0.2, 0.25) is 0 Å². The molecule has 38 heavy (non-hydrogen) atoms.